The van der Waals surface area contributed by atoms with Crippen LogP contribution < -0.4 is 10.9 Å². The summed E-state index contributed by atoms with van der Waals surface area (Å²) in [4.78, 5) is 22.0. The highest BCUT2D eigenvalue weighted by Crippen LogP contribution is 1.96. The van der Waals surface area contributed by atoms with E-state index in [0.29, 0.717) is 5.56 Å². The number of hydrogen-bond donors (Lipinski definition) is 2. The molecule has 0 aromatic heterocycles. The molecule has 0 radical (unpaired) electrons. The van der Waals surface area contributed by atoms with Gasteiger partial charge < -0.3 is 0 Å². The summed E-state index contributed by atoms with van der Waals surface area (Å²) in [7, 11) is 0. The SMILES string of the molecule is C=CC(=O)NNC(=O)c1ccccc1. The molecule has 1 aromatic carbocycles. The van der Waals surface area contributed by atoms with Crippen LogP contribution in [0, 0.1) is 0 Å². The smallest absolute Gasteiger partial charge is 0.268 e. The fourth-order valence-corrected chi connectivity index (χ4v) is 0.831. The summed E-state index contributed by atoms with van der Waals surface area (Å²) in [5, 5.41) is 0. The van der Waals surface area contributed by atoms with Gasteiger partial charge in [0.05, 0.1) is 0 Å². The van der Waals surface area contributed by atoms with Gasteiger partial charge in [0.2, 0.25) is 0 Å². The summed E-state index contributed by atoms with van der Waals surface area (Å²) in [5.41, 5.74) is 4.90. The van der Waals surface area contributed by atoms with Crippen molar-refractivity contribution in [3.8, 4) is 0 Å². The van der Waals surface area contributed by atoms with Crippen LogP contribution in [0.2, 0.25) is 0 Å². The molecular weight excluding hydrogens is 180 g/mol. The molecule has 1 rings (SSSR count). The van der Waals surface area contributed by atoms with E-state index in [1.807, 2.05) is 0 Å². The van der Waals surface area contributed by atoms with Crippen molar-refractivity contribution in [2.75, 3.05) is 0 Å². The molecule has 2 amide bonds. The van der Waals surface area contributed by atoms with Crippen molar-refractivity contribution in [1.29, 1.82) is 0 Å². The van der Waals surface area contributed by atoms with Crippen molar-refractivity contribution in [2.24, 2.45) is 0 Å². The maximum absolute atomic E-state index is 11.3. The zero-order valence-electron chi connectivity index (χ0n) is 7.49. The van der Waals surface area contributed by atoms with Gasteiger partial charge >= 0.3 is 0 Å². The lowest BCUT2D eigenvalue weighted by atomic mass is 10.2. The van der Waals surface area contributed by atoms with Crippen molar-refractivity contribution >= 4 is 11.8 Å². The molecule has 0 spiro atoms. The van der Waals surface area contributed by atoms with Crippen LogP contribution in [0.25, 0.3) is 0 Å². The summed E-state index contributed by atoms with van der Waals surface area (Å²) < 4.78 is 0. The average molecular weight is 190 g/mol. The van der Waals surface area contributed by atoms with Gasteiger partial charge in [0.15, 0.2) is 0 Å². The van der Waals surface area contributed by atoms with Gasteiger partial charge in [-0.05, 0) is 18.2 Å². The Morgan fingerprint density at radius 1 is 1.14 bits per heavy atom. The van der Waals surface area contributed by atoms with E-state index >= 15 is 0 Å². The Hall–Kier alpha value is -2.10. The Morgan fingerprint density at radius 3 is 2.36 bits per heavy atom. The highest BCUT2D eigenvalue weighted by Gasteiger charge is 2.03. The molecule has 1 aromatic rings. The molecule has 0 aliphatic rings. The van der Waals surface area contributed by atoms with Crippen molar-refractivity contribution in [3.63, 3.8) is 0 Å². The second kappa shape index (κ2) is 4.81. The first-order chi connectivity index (χ1) is 6.74. The molecule has 72 valence electrons. The summed E-state index contributed by atoms with van der Waals surface area (Å²) in [5.74, 6) is -0.810. The maximum atomic E-state index is 11.3. The molecule has 0 aliphatic carbocycles. The Bertz CT molecular complexity index is 346. The summed E-state index contributed by atoms with van der Waals surface area (Å²) in [6.07, 6.45) is 1.07. The normalized spacial score (nSPS) is 8.86. The van der Waals surface area contributed by atoms with Crippen molar-refractivity contribution in [1.82, 2.24) is 10.9 Å². The monoisotopic (exact) mass is 190 g/mol. The molecule has 0 atom stereocenters. The van der Waals surface area contributed by atoms with Crippen LogP contribution in [0.1, 0.15) is 10.4 Å². The molecule has 0 saturated heterocycles. The van der Waals surface area contributed by atoms with Gasteiger partial charge in [-0.1, -0.05) is 24.8 Å². The molecule has 4 heteroatoms. The van der Waals surface area contributed by atoms with Crippen LogP contribution in [0.5, 0.6) is 0 Å². The maximum Gasteiger partial charge on any atom is 0.269 e. The number of amides is 2. The zero-order chi connectivity index (χ0) is 10.4. The highest BCUT2D eigenvalue weighted by atomic mass is 16.2. The number of hydrogen-bond acceptors (Lipinski definition) is 2. The first kappa shape index (κ1) is 9.98. The lowest BCUT2D eigenvalue weighted by Gasteiger charge is -2.04. The van der Waals surface area contributed by atoms with E-state index in [-0.39, 0.29) is 5.91 Å². The molecule has 2 N–H and O–H groups in total. The van der Waals surface area contributed by atoms with Gasteiger partial charge in [-0.2, -0.15) is 0 Å². The molecule has 4 nitrogen and oxygen atoms in total. The van der Waals surface area contributed by atoms with Gasteiger partial charge in [0.25, 0.3) is 11.8 Å². The van der Waals surface area contributed by atoms with E-state index < -0.39 is 5.91 Å². The number of hydrazine groups is 1. The van der Waals surface area contributed by atoms with E-state index in [9.17, 15) is 9.59 Å². The van der Waals surface area contributed by atoms with Crippen molar-refractivity contribution < 1.29 is 9.59 Å². The number of carbonyl (C=O) groups is 2. The Balaban J connectivity index is 2.52. The first-order valence-electron chi connectivity index (χ1n) is 4.02. The number of benzene rings is 1. The van der Waals surface area contributed by atoms with Crippen molar-refractivity contribution in [2.45, 2.75) is 0 Å². The van der Waals surface area contributed by atoms with Gasteiger partial charge in [0.1, 0.15) is 0 Å². The van der Waals surface area contributed by atoms with Crippen LogP contribution >= 0.6 is 0 Å². The summed E-state index contributed by atoms with van der Waals surface area (Å²) >= 11 is 0. The van der Waals surface area contributed by atoms with Gasteiger partial charge in [-0.25, -0.2) is 0 Å². The zero-order valence-corrected chi connectivity index (χ0v) is 7.49. The standard InChI is InChI=1S/C10H10N2O2/c1-2-9(13)11-12-10(14)8-6-4-3-5-7-8/h2-7H,1H2,(H,11,13)(H,12,14). The van der Waals surface area contributed by atoms with Crippen LogP contribution in [-0.2, 0) is 4.79 Å². The van der Waals surface area contributed by atoms with Crippen molar-refractivity contribution in [3.05, 3.63) is 48.6 Å². The topological polar surface area (TPSA) is 58.2 Å². The second-order valence-electron chi connectivity index (χ2n) is 2.51. The molecule has 0 unspecified atom stereocenters. The average Bonchev–Trinajstić information content (AvgIpc) is 2.26. The van der Waals surface area contributed by atoms with Crippen LogP contribution in [-0.4, -0.2) is 11.8 Å². The number of carbonyl (C=O) groups excluding carboxylic acids is 2. The van der Waals surface area contributed by atoms with E-state index in [1.165, 1.54) is 0 Å². The lowest BCUT2D eigenvalue weighted by molar-refractivity contribution is -0.117. The summed E-state index contributed by atoms with van der Waals surface area (Å²) in [6.45, 7) is 3.25. The number of rotatable bonds is 2. The lowest BCUT2D eigenvalue weighted by Crippen LogP contribution is -2.40. The van der Waals surface area contributed by atoms with E-state index in [2.05, 4.69) is 17.4 Å². The predicted octanol–water partition coefficient (Wildman–Crippen LogP) is 0.634. The predicted molar refractivity (Wildman–Crippen MR) is 52.2 cm³/mol. The molecule has 0 heterocycles. The van der Waals surface area contributed by atoms with Crippen LogP contribution in [0.15, 0.2) is 43.0 Å². The molecule has 0 aliphatic heterocycles. The van der Waals surface area contributed by atoms with Gasteiger partial charge in [0, 0.05) is 5.56 Å². The fourth-order valence-electron chi connectivity index (χ4n) is 0.831. The molecule has 14 heavy (non-hydrogen) atoms. The Morgan fingerprint density at radius 2 is 1.79 bits per heavy atom. The minimum atomic E-state index is -0.450. The quantitative estimate of drug-likeness (QED) is 0.531. The third-order valence-corrected chi connectivity index (χ3v) is 1.52. The van der Waals surface area contributed by atoms with Crippen LogP contribution in [0.4, 0.5) is 0 Å². The van der Waals surface area contributed by atoms with Crippen LogP contribution in [0.3, 0.4) is 0 Å². The third-order valence-electron chi connectivity index (χ3n) is 1.52. The van der Waals surface area contributed by atoms with Gasteiger partial charge in [-0.3, -0.25) is 20.4 Å². The van der Waals surface area contributed by atoms with E-state index in [1.54, 1.807) is 30.3 Å². The molecule has 0 bridgehead atoms. The first-order valence-corrected chi connectivity index (χ1v) is 4.02. The molecule has 0 saturated carbocycles. The number of nitrogens with one attached hydrogen (secondary N) is 2. The Kier molecular flexibility index (Phi) is 3.43. The molecular formula is C10H10N2O2. The summed E-state index contributed by atoms with van der Waals surface area (Å²) in [6, 6.07) is 8.58. The largest absolute Gasteiger partial charge is 0.269 e. The van der Waals surface area contributed by atoms with E-state index in [4.69, 9.17) is 0 Å². The second-order valence-corrected chi connectivity index (χ2v) is 2.51. The fraction of sp³-hybridized carbons (Fsp3) is 0. The molecule has 0 fully saturated rings. The van der Waals surface area contributed by atoms with Gasteiger partial charge in [-0.15, -0.1) is 0 Å². The third kappa shape index (κ3) is 2.75. The minimum absolute atomic E-state index is 0.360. The Labute approximate surface area is 81.6 Å². The van der Waals surface area contributed by atoms with E-state index in [0.717, 1.165) is 6.08 Å². The highest BCUT2D eigenvalue weighted by molar-refractivity contribution is 5.96. The minimum Gasteiger partial charge on any atom is -0.268 e.